The fraction of sp³-hybridized carbons (Fsp3) is 0.125. The lowest BCUT2D eigenvalue weighted by atomic mass is 10.1. The fourth-order valence-corrected chi connectivity index (χ4v) is 3.03. The number of nitrogens with one attached hydrogen (secondary N) is 2. The maximum atomic E-state index is 12.3. The maximum Gasteiger partial charge on any atom is 0.276 e. The topological polar surface area (TPSA) is 111 Å². The first-order valence-electron chi connectivity index (χ1n) is 10.3. The molecule has 0 atom stereocenters. The van der Waals surface area contributed by atoms with Crippen LogP contribution in [-0.2, 0) is 11.3 Å². The molecular formula is C24H22N6O3. The molecule has 0 spiro atoms. The fourth-order valence-electron chi connectivity index (χ4n) is 3.03. The standard InChI is InChI=1S/C24H22N6O3/c1-17-7-5-6-10-21(17)33-16-22(31)25-27-24(32)20-13-11-18(12-14-20)15-30-28-23(26-29-30)19-8-3-2-4-9-19/h2-14H,15-16H2,1H3,(H,25,31)(H,27,32). The van der Waals surface area contributed by atoms with E-state index in [-0.39, 0.29) is 6.61 Å². The second kappa shape index (κ2) is 10.2. The summed E-state index contributed by atoms with van der Waals surface area (Å²) in [5.74, 6) is 0.270. The summed E-state index contributed by atoms with van der Waals surface area (Å²) in [6.45, 7) is 2.09. The SMILES string of the molecule is Cc1ccccc1OCC(=O)NNC(=O)c1ccc(Cn2nnc(-c3ccccc3)n2)cc1. The molecule has 0 saturated heterocycles. The van der Waals surface area contributed by atoms with Crippen LogP contribution in [0, 0.1) is 6.92 Å². The van der Waals surface area contributed by atoms with E-state index < -0.39 is 11.8 Å². The van der Waals surface area contributed by atoms with E-state index in [1.807, 2.05) is 55.5 Å². The number of ether oxygens (including phenoxy) is 1. The number of benzene rings is 3. The summed E-state index contributed by atoms with van der Waals surface area (Å²) in [5, 5.41) is 12.5. The Hall–Kier alpha value is -4.53. The Morgan fingerprint density at radius 1 is 0.909 bits per heavy atom. The minimum absolute atomic E-state index is 0.208. The summed E-state index contributed by atoms with van der Waals surface area (Å²) in [5.41, 5.74) is 7.84. The minimum atomic E-state index is -0.463. The van der Waals surface area contributed by atoms with Gasteiger partial charge in [0.15, 0.2) is 6.61 Å². The normalized spacial score (nSPS) is 10.5. The number of aryl methyl sites for hydroxylation is 1. The van der Waals surface area contributed by atoms with E-state index in [1.165, 1.54) is 4.80 Å². The van der Waals surface area contributed by atoms with Crippen LogP contribution in [0.5, 0.6) is 5.75 Å². The average Bonchev–Trinajstić information content (AvgIpc) is 3.31. The van der Waals surface area contributed by atoms with Crippen molar-refractivity contribution in [1.82, 2.24) is 31.1 Å². The summed E-state index contributed by atoms with van der Waals surface area (Å²) in [6.07, 6.45) is 0. The number of nitrogens with zero attached hydrogens (tertiary/aromatic N) is 4. The number of tetrazole rings is 1. The number of para-hydroxylation sites is 1. The van der Waals surface area contributed by atoms with Crippen LogP contribution in [0.3, 0.4) is 0 Å². The zero-order chi connectivity index (χ0) is 23.0. The number of hydrogen-bond acceptors (Lipinski definition) is 6. The highest BCUT2D eigenvalue weighted by atomic mass is 16.5. The third kappa shape index (κ3) is 5.79. The number of hydrazine groups is 1. The summed E-state index contributed by atoms with van der Waals surface area (Å²) in [7, 11) is 0. The van der Waals surface area contributed by atoms with Gasteiger partial charge < -0.3 is 4.74 Å². The van der Waals surface area contributed by atoms with E-state index in [4.69, 9.17) is 4.74 Å². The van der Waals surface area contributed by atoms with Gasteiger partial charge in [-0.1, -0.05) is 60.7 Å². The first kappa shape index (κ1) is 21.7. The molecule has 0 bridgehead atoms. The van der Waals surface area contributed by atoms with E-state index >= 15 is 0 Å². The smallest absolute Gasteiger partial charge is 0.276 e. The second-order valence-corrected chi connectivity index (χ2v) is 7.26. The molecular weight excluding hydrogens is 420 g/mol. The zero-order valence-corrected chi connectivity index (χ0v) is 17.9. The number of rotatable bonds is 7. The van der Waals surface area contributed by atoms with Crippen LogP contribution in [0.4, 0.5) is 0 Å². The van der Waals surface area contributed by atoms with Gasteiger partial charge in [-0.3, -0.25) is 20.4 Å². The molecule has 0 radical (unpaired) electrons. The van der Waals surface area contributed by atoms with Crippen molar-refractivity contribution in [3.63, 3.8) is 0 Å². The van der Waals surface area contributed by atoms with Crippen LogP contribution >= 0.6 is 0 Å². The van der Waals surface area contributed by atoms with Gasteiger partial charge in [0.1, 0.15) is 5.75 Å². The molecule has 3 aromatic carbocycles. The van der Waals surface area contributed by atoms with Crippen LogP contribution in [0.2, 0.25) is 0 Å². The first-order valence-corrected chi connectivity index (χ1v) is 10.3. The molecule has 1 aromatic heterocycles. The Bertz CT molecular complexity index is 1240. The molecule has 0 unspecified atom stereocenters. The van der Waals surface area contributed by atoms with Crippen LogP contribution in [0.25, 0.3) is 11.4 Å². The average molecular weight is 442 g/mol. The molecule has 9 heteroatoms. The van der Waals surface area contributed by atoms with Crippen molar-refractivity contribution in [2.75, 3.05) is 6.61 Å². The summed E-state index contributed by atoms with van der Waals surface area (Å²) in [4.78, 5) is 25.7. The lowest BCUT2D eigenvalue weighted by Crippen LogP contribution is -2.43. The Kier molecular flexibility index (Phi) is 6.70. The quantitative estimate of drug-likeness (QED) is 0.426. The van der Waals surface area contributed by atoms with E-state index in [9.17, 15) is 9.59 Å². The Labute approximate surface area is 190 Å². The van der Waals surface area contributed by atoms with Crippen molar-refractivity contribution in [3.05, 3.63) is 95.6 Å². The molecule has 9 nitrogen and oxygen atoms in total. The first-order chi connectivity index (χ1) is 16.1. The van der Waals surface area contributed by atoms with Gasteiger partial charge in [-0.15, -0.1) is 10.2 Å². The Balaban J connectivity index is 1.26. The van der Waals surface area contributed by atoms with Gasteiger partial charge in [-0.2, -0.15) is 4.80 Å². The molecule has 0 fully saturated rings. The molecule has 0 saturated carbocycles. The predicted molar refractivity (Wildman–Crippen MR) is 121 cm³/mol. The lowest BCUT2D eigenvalue weighted by molar-refractivity contribution is -0.123. The molecule has 33 heavy (non-hydrogen) atoms. The summed E-state index contributed by atoms with van der Waals surface area (Å²) < 4.78 is 5.46. The zero-order valence-electron chi connectivity index (χ0n) is 17.9. The Morgan fingerprint density at radius 2 is 1.64 bits per heavy atom. The molecule has 0 aliphatic rings. The second-order valence-electron chi connectivity index (χ2n) is 7.26. The van der Waals surface area contributed by atoms with Crippen molar-refractivity contribution >= 4 is 11.8 Å². The third-order valence-electron chi connectivity index (χ3n) is 4.79. The van der Waals surface area contributed by atoms with Crippen molar-refractivity contribution in [1.29, 1.82) is 0 Å². The molecule has 4 rings (SSSR count). The van der Waals surface area contributed by atoms with Crippen molar-refractivity contribution in [3.8, 4) is 17.1 Å². The molecule has 0 aliphatic carbocycles. The maximum absolute atomic E-state index is 12.3. The third-order valence-corrected chi connectivity index (χ3v) is 4.79. The van der Waals surface area contributed by atoms with Crippen LogP contribution < -0.4 is 15.6 Å². The predicted octanol–water partition coefficient (Wildman–Crippen LogP) is 2.54. The van der Waals surface area contributed by atoms with Crippen molar-refractivity contribution in [2.24, 2.45) is 0 Å². The Morgan fingerprint density at radius 3 is 2.39 bits per heavy atom. The van der Waals surface area contributed by atoms with Gasteiger partial charge >= 0.3 is 0 Å². The number of aromatic nitrogens is 4. The van der Waals surface area contributed by atoms with E-state index in [2.05, 4.69) is 26.3 Å². The summed E-state index contributed by atoms with van der Waals surface area (Å²) in [6, 6.07) is 23.9. The number of carbonyl (C=O) groups is 2. The van der Waals surface area contributed by atoms with Crippen LogP contribution in [0.15, 0.2) is 78.9 Å². The highest BCUT2D eigenvalue weighted by molar-refractivity contribution is 5.95. The molecule has 4 aromatic rings. The van der Waals surface area contributed by atoms with Crippen LogP contribution in [0.1, 0.15) is 21.5 Å². The lowest BCUT2D eigenvalue weighted by Gasteiger charge is -2.10. The molecule has 0 aliphatic heterocycles. The van der Waals surface area contributed by atoms with Gasteiger partial charge in [-0.25, -0.2) is 0 Å². The van der Waals surface area contributed by atoms with Gasteiger partial charge in [-0.05, 0) is 41.5 Å². The molecule has 2 amide bonds. The summed E-state index contributed by atoms with van der Waals surface area (Å²) >= 11 is 0. The van der Waals surface area contributed by atoms with Crippen LogP contribution in [-0.4, -0.2) is 38.6 Å². The number of amides is 2. The minimum Gasteiger partial charge on any atom is -0.483 e. The van der Waals surface area contributed by atoms with Gasteiger partial charge in [0.2, 0.25) is 5.82 Å². The number of carbonyl (C=O) groups excluding carboxylic acids is 2. The highest BCUT2D eigenvalue weighted by Gasteiger charge is 2.10. The van der Waals surface area contributed by atoms with Gasteiger partial charge in [0.25, 0.3) is 11.8 Å². The van der Waals surface area contributed by atoms with Gasteiger partial charge in [0.05, 0.1) is 6.54 Å². The molecule has 166 valence electrons. The number of hydrogen-bond donors (Lipinski definition) is 2. The van der Waals surface area contributed by atoms with E-state index in [1.54, 1.807) is 30.3 Å². The van der Waals surface area contributed by atoms with Crippen molar-refractivity contribution in [2.45, 2.75) is 13.5 Å². The highest BCUT2D eigenvalue weighted by Crippen LogP contribution is 2.16. The molecule has 2 N–H and O–H groups in total. The van der Waals surface area contributed by atoms with Crippen molar-refractivity contribution < 1.29 is 14.3 Å². The molecule has 1 heterocycles. The monoisotopic (exact) mass is 442 g/mol. The largest absolute Gasteiger partial charge is 0.483 e. The van der Waals surface area contributed by atoms with E-state index in [0.29, 0.717) is 23.7 Å². The van der Waals surface area contributed by atoms with E-state index in [0.717, 1.165) is 16.7 Å². The van der Waals surface area contributed by atoms with Gasteiger partial charge in [0, 0.05) is 11.1 Å².